The van der Waals surface area contributed by atoms with Crippen molar-refractivity contribution < 1.29 is 14.0 Å². The molecule has 0 spiro atoms. The maximum absolute atomic E-state index is 12.3. The first kappa shape index (κ1) is 18.3. The second-order valence-electron chi connectivity index (χ2n) is 6.15. The molecule has 142 valence electrons. The normalized spacial score (nSPS) is 10.9. The SMILES string of the molecule is Cc1occc1C(=O)Nc1nc(CC(=O)Nc2nc3c(C)cccc3s2)cs1. The number of rotatable bonds is 5. The standard InChI is InChI=1S/C19H16N4O3S2/c1-10-4-3-5-14-16(10)22-19(28-14)21-15(24)8-12-9-27-18(20-12)23-17(25)13-6-7-26-11(13)2/h3-7,9H,8H2,1-2H3,(H,20,23,25)(H,21,22,24). The van der Waals surface area contributed by atoms with Crippen molar-refractivity contribution >= 4 is 55.0 Å². The lowest BCUT2D eigenvalue weighted by molar-refractivity contribution is -0.115. The largest absolute Gasteiger partial charge is 0.469 e. The van der Waals surface area contributed by atoms with E-state index >= 15 is 0 Å². The Morgan fingerprint density at radius 3 is 2.71 bits per heavy atom. The number of thiazole rings is 2. The molecule has 0 saturated heterocycles. The number of amides is 2. The number of carbonyl (C=O) groups excluding carboxylic acids is 2. The molecule has 0 bridgehead atoms. The molecule has 0 radical (unpaired) electrons. The molecule has 0 atom stereocenters. The predicted molar refractivity (Wildman–Crippen MR) is 110 cm³/mol. The van der Waals surface area contributed by atoms with Crippen molar-refractivity contribution in [3.05, 3.63) is 58.5 Å². The van der Waals surface area contributed by atoms with Gasteiger partial charge in [0.25, 0.3) is 5.91 Å². The zero-order chi connectivity index (χ0) is 19.7. The molecule has 1 aromatic carbocycles. The topological polar surface area (TPSA) is 97.1 Å². The average molecular weight is 412 g/mol. The molecule has 3 aromatic heterocycles. The van der Waals surface area contributed by atoms with Crippen molar-refractivity contribution in [2.75, 3.05) is 10.6 Å². The molecule has 9 heteroatoms. The number of hydrogen-bond donors (Lipinski definition) is 2. The smallest absolute Gasteiger partial charge is 0.260 e. The summed E-state index contributed by atoms with van der Waals surface area (Å²) in [5, 5.41) is 8.29. The van der Waals surface area contributed by atoms with Crippen LogP contribution < -0.4 is 10.6 Å². The molecular weight excluding hydrogens is 396 g/mol. The van der Waals surface area contributed by atoms with Crippen molar-refractivity contribution in [3.8, 4) is 0 Å². The van der Waals surface area contributed by atoms with Gasteiger partial charge in [-0.25, -0.2) is 9.97 Å². The van der Waals surface area contributed by atoms with Gasteiger partial charge in [0.1, 0.15) is 5.76 Å². The van der Waals surface area contributed by atoms with E-state index in [1.165, 1.54) is 28.9 Å². The molecule has 0 unspecified atom stereocenters. The van der Waals surface area contributed by atoms with E-state index in [1.807, 2.05) is 25.1 Å². The van der Waals surface area contributed by atoms with Crippen LogP contribution in [-0.2, 0) is 11.2 Å². The van der Waals surface area contributed by atoms with Gasteiger partial charge in [0.2, 0.25) is 5.91 Å². The average Bonchev–Trinajstić information content (AvgIpc) is 3.35. The third-order valence-corrected chi connectivity index (χ3v) is 5.83. The lowest BCUT2D eigenvalue weighted by Gasteiger charge is -2.00. The van der Waals surface area contributed by atoms with Gasteiger partial charge >= 0.3 is 0 Å². The van der Waals surface area contributed by atoms with Crippen LogP contribution in [0.3, 0.4) is 0 Å². The van der Waals surface area contributed by atoms with Crippen molar-refractivity contribution in [1.82, 2.24) is 9.97 Å². The number of fused-ring (bicyclic) bond motifs is 1. The highest BCUT2D eigenvalue weighted by molar-refractivity contribution is 7.22. The van der Waals surface area contributed by atoms with E-state index in [2.05, 4.69) is 20.6 Å². The summed E-state index contributed by atoms with van der Waals surface area (Å²) < 4.78 is 6.16. The lowest BCUT2D eigenvalue weighted by Crippen LogP contribution is -2.15. The molecule has 2 N–H and O–H groups in total. The Bertz CT molecular complexity index is 1170. The Morgan fingerprint density at radius 2 is 1.96 bits per heavy atom. The van der Waals surface area contributed by atoms with Gasteiger partial charge in [0.05, 0.1) is 34.2 Å². The molecule has 0 aliphatic carbocycles. The number of aryl methyl sites for hydroxylation is 2. The summed E-state index contributed by atoms with van der Waals surface area (Å²) in [6.07, 6.45) is 1.57. The number of anilines is 2. The molecule has 0 aliphatic heterocycles. The van der Waals surface area contributed by atoms with E-state index in [0.29, 0.717) is 27.3 Å². The van der Waals surface area contributed by atoms with Crippen LogP contribution >= 0.6 is 22.7 Å². The maximum Gasteiger partial charge on any atom is 0.260 e. The number of nitrogens with zero attached hydrogens (tertiary/aromatic N) is 2. The Morgan fingerprint density at radius 1 is 1.11 bits per heavy atom. The van der Waals surface area contributed by atoms with E-state index in [9.17, 15) is 9.59 Å². The summed E-state index contributed by atoms with van der Waals surface area (Å²) in [5.74, 6) is 0.0479. The predicted octanol–water partition coefficient (Wildman–Crippen LogP) is 4.40. The van der Waals surface area contributed by atoms with Crippen LogP contribution in [0.1, 0.15) is 27.4 Å². The highest BCUT2D eigenvalue weighted by Gasteiger charge is 2.15. The van der Waals surface area contributed by atoms with Crippen LogP contribution in [0.15, 0.2) is 40.3 Å². The van der Waals surface area contributed by atoms with Crippen molar-refractivity contribution in [3.63, 3.8) is 0 Å². The molecule has 0 fully saturated rings. The van der Waals surface area contributed by atoms with Crippen LogP contribution in [0, 0.1) is 13.8 Å². The molecule has 4 rings (SSSR count). The van der Waals surface area contributed by atoms with Gasteiger partial charge in [-0.1, -0.05) is 23.5 Å². The monoisotopic (exact) mass is 412 g/mol. The van der Waals surface area contributed by atoms with E-state index in [1.54, 1.807) is 18.4 Å². The van der Waals surface area contributed by atoms with Crippen LogP contribution in [0.5, 0.6) is 0 Å². The van der Waals surface area contributed by atoms with E-state index in [0.717, 1.165) is 15.8 Å². The molecule has 0 saturated carbocycles. The summed E-state index contributed by atoms with van der Waals surface area (Å²) in [4.78, 5) is 33.3. The number of furan rings is 1. The minimum Gasteiger partial charge on any atom is -0.469 e. The fourth-order valence-corrected chi connectivity index (χ4v) is 4.36. The number of para-hydroxylation sites is 1. The second-order valence-corrected chi connectivity index (χ2v) is 8.04. The molecule has 2 amide bonds. The van der Waals surface area contributed by atoms with Gasteiger partial charge in [0, 0.05) is 5.38 Å². The summed E-state index contributed by atoms with van der Waals surface area (Å²) in [7, 11) is 0. The van der Waals surface area contributed by atoms with Crippen LogP contribution in [-0.4, -0.2) is 21.8 Å². The molecule has 3 heterocycles. The quantitative estimate of drug-likeness (QED) is 0.506. The van der Waals surface area contributed by atoms with Crippen molar-refractivity contribution in [2.45, 2.75) is 20.3 Å². The Kier molecular flexibility index (Phi) is 4.93. The van der Waals surface area contributed by atoms with Crippen molar-refractivity contribution in [2.24, 2.45) is 0 Å². The number of benzene rings is 1. The van der Waals surface area contributed by atoms with Gasteiger partial charge in [-0.15, -0.1) is 11.3 Å². The highest BCUT2D eigenvalue weighted by Crippen LogP contribution is 2.28. The summed E-state index contributed by atoms with van der Waals surface area (Å²) in [6.45, 7) is 3.71. The second kappa shape index (κ2) is 7.53. The maximum atomic E-state index is 12.3. The highest BCUT2D eigenvalue weighted by atomic mass is 32.1. The van der Waals surface area contributed by atoms with Gasteiger partial charge in [-0.2, -0.15) is 0 Å². The number of carbonyl (C=O) groups is 2. The van der Waals surface area contributed by atoms with Crippen LogP contribution in [0.25, 0.3) is 10.2 Å². The Balaban J connectivity index is 1.39. The number of hydrogen-bond acceptors (Lipinski definition) is 7. The van der Waals surface area contributed by atoms with Crippen LogP contribution in [0.4, 0.5) is 10.3 Å². The Labute approximate surface area is 168 Å². The number of aromatic nitrogens is 2. The fraction of sp³-hybridized carbons (Fsp3) is 0.158. The fourth-order valence-electron chi connectivity index (χ4n) is 2.70. The van der Waals surface area contributed by atoms with E-state index in [4.69, 9.17) is 4.42 Å². The Hall–Kier alpha value is -3.04. The zero-order valence-corrected chi connectivity index (χ0v) is 16.7. The first-order chi connectivity index (χ1) is 13.5. The van der Waals surface area contributed by atoms with E-state index in [-0.39, 0.29) is 18.2 Å². The minimum atomic E-state index is -0.290. The zero-order valence-electron chi connectivity index (χ0n) is 15.1. The molecule has 7 nitrogen and oxygen atoms in total. The molecule has 4 aromatic rings. The van der Waals surface area contributed by atoms with Crippen molar-refractivity contribution in [1.29, 1.82) is 0 Å². The first-order valence-corrected chi connectivity index (χ1v) is 10.1. The molecular formula is C19H16N4O3S2. The summed E-state index contributed by atoms with van der Waals surface area (Å²) in [6, 6.07) is 7.54. The van der Waals surface area contributed by atoms with Gasteiger partial charge in [-0.3, -0.25) is 14.9 Å². The number of nitrogens with one attached hydrogen (secondary N) is 2. The molecule has 28 heavy (non-hydrogen) atoms. The summed E-state index contributed by atoms with van der Waals surface area (Å²) in [5.41, 5.74) is 3.01. The first-order valence-electron chi connectivity index (χ1n) is 8.45. The molecule has 0 aliphatic rings. The third-order valence-electron chi connectivity index (χ3n) is 4.08. The van der Waals surface area contributed by atoms with Gasteiger partial charge < -0.3 is 9.73 Å². The lowest BCUT2D eigenvalue weighted by atomic mass is 10.2. The van der Waals surface area contributed by atoms with Crippen LogP contribution in [0.2, 0.25) is 0 Å². The minimum absolute atomic E-state index is 0.103. The van der Waals surface area contributed by atoms with E-state index < -0.39 is 0 Å². The summed E-state index contributed by atoms with van der Waals surface area (Å²) >= 11 is 2.71. The van der Waals surface area contributed by atoms with Gasteiger partial charge in [-0.05, 0) is 31.5 Å². The third kappa shape index (κ3) is 3.80. The van der Waals surface area contributed by atoms with Gasteiger partial charge in [0.15, 0.2) is 10.3 Å².